The van der Waals surface area contributed by atoms with Gasteiger partial charge in [0.1, 0.15) is 24.0 Å². The molecule has 0 amide bonds. The quantitative estimate of drug-likeness (QED) is 0.822. The lowest BCUT2D eigenvalue weighted by Gasteiger charge is -2.06. The molecule has 0 aliphatic carbocycles. The Hall–Kier alpha value is -2.50. The molecule has 5 nitrogen and oxygen atoms in total. The van der Waals surface area contributed by atoms with Crippen molar-refractivity contribution in [3.05, 3.63) is 30.1 Å². The second-order valence-corrected chi connectivity index (χ2v) is 4.51. The first-order valence-corrected chi connectivity index (χ1v) is 5.72. The summed E-state index contributed by atoms with van der Waals surface area (Å²) in [5.74, 6) is 5.99. The first kappa shape index (κ1) is 12.9. The van der Waals surface area contributed by atoms with Crippen LogP contribution in [0, 0.1) is 23.2 Å². The number of rotatable bonds is 2. The molecule has 96 valence electrons. The molecule has 0 unspecified atom stereocenters. The van der Waals surface area contributed by atoms with E-state index in [1.54, 1.807) is 36.7 Å². The maximum Gasteiger partial charge on any atom is 0.149 e. The van der Waals surface area contributed by atoms with Crippen molar-refractivity contribution in [2.75, 3.05) is 6.61 Å². The van der Waals surface area contributed by atoms with Gasteiger partial charge in [0.2, 0.25) is 0 Å². The smallest absolute Gasteiger partial charge is 0.149 e. The standard InChI is InChI=1S/C14H13N3O2/c1-14(2,18)6-3-7-19-12-4-5-13-11(8-15)9-16-17(13)10-12/h4-5,9-10,18H,7H2,1-2H3. The molecule has 5 heteroatoms. The van der Waals surface area contributed by atoms with E-state index in [1.165, 1.54) is 6.20 Å². The van der Waals surface area contributed by atoms with Gasteiger partial charge in [0, 0.05) is 0 Å². The zero-order valence-corrected chi connectivity index (χ0v) is 10.7. The molecule has 2 aromatic rings. The Balaban J connectivity index is 2.10. The highest BCUT2D eigenvalue weighted by Crippen LogP contribution is 2.15. The van der Waals surface area contributed by atoms with Crippen LogP contribution < -0.4 is 4.74 Å². The molecule has 0 aliphatic rings. The topological polar surface area (TPSA) is 70.5 Å². The number of ether oxygens (including phenoxy) is 1. The highest BCUT2D eigenvalue weighted by Gasteiger charge is 2.06. The summed E-state index contributed by atoms with van der Waals surface area (Å²) < 4.78 is 7.00. The molecular formula is C14H13N3O2. The second kappa shape index (κ2) is 5.01. The van der Waals surface area contributed by atoms with Crippen LogP contribution in [0.25, 0.3) is 5.52 Å². The summed E-state index contributed by atoms with van der Waals surface area (Å²) in [5.41, 5.74) is 0.238. The second-order valence-electron chi connectivity index (χ2n) is 4.51. The maximum atomic E-state index is 9.41. The molecule has 0 radical (unpaired) electrons. The fraction of sp³-hybridized carbons (Fsp3) is 0.286. The molecule has 2 aromatic heterocycles. The maximum absolute atomic E-state index is 9.41. The average Bonchev–Trinajstić information content (AvgIpc) is 2.75. The molecule has 0 spiro atoms. The van der Waals surface area contributed by atoms with Gasteiger partial charge in [-0.3, -0.25) is 0 Å². The predicted molar refractivity (Wildman–Crippen MR) is 69.5 cm³/mol. The summed E-state index contributed by atoms with van der Waals surface area (Å²) in [6.45, 7) is 3.40. The van der Waals surface area contributed by atoms with Crippen molar-refractivity contribution in [3.63, 3.8) is 0 Å². The SMILES string of the molecule is CC(C)(O)C#CCOc1ccc2c(C#N)cnn2c1. The minimum atomic E-state index is -1.02. The lowest BCUT2D eigenvalue weighted by Crippen LogP contribution is -2.15. The van der Waals surface area contributed by atoms with Gasteiger partial charge in [-0.25, -0.2) is 4.52 Å². The number of pyridine rings is 1. The van der Waals surface area contributed by atoms with Crippen LogP contribution in [-0.4, -0.2) is 26.9 Å². The lowest BCUT2D eigenvalue weighted by atomic mass is 10.1. The third-order valence-corrected chi connectivity index (χ3v) is 2.31. The number of hydrogen-bond acceptors (Lipinski definition) is 4. The number of hydrogen-bond donors (Lipinski definition) is 1. The van der Waals surface area contributed by atoms with E-state index < -0.39 is 5.60 Å². The zero-order valence-electron chi connectivity index (χ0n) is 10.7. The molecule has 0 atom stereocenters. The van der Waals surface area contributed by atoms with Crippen LogP contribution in [0.1, 0.15) is 19.4 Å². The van der Waals surface area contributed by atoms with Crippen molar-refractivity contribution in [2.45, 2.75) is 19.4 Å². The Morgan fingerprint density at radius 3 is 2.95 bits per heavy atom. The Morgan fingerprint density at radius 1 is 1.47 bits per heavy atom. The van der Waals surface area contributed by atoms with Gasteiger partial charge >= 0.3 is 0 Å². The summed E-state index contributed by atoms with van der Waals surface area (Å²) in [5, 5.41) is 22.3. The predicted octanol–water partition coefficient (Wildman–Crippen LogP) is 1.36. The molecule has 0 aromatic carbocycles. The number of aromatic nitrogens is 2. The first-order chi connectivity index (χ1) is 8.99. The van der Waals surface area contributed by atoms with E-state index in [0.717, 1.165) is 5.52 Å². The fourth-order valence-electron chi connectivity index (χ4n) is 1.51. The third-order valence-electron chi connectivity index (χ3n) is 2.31. The molecule has 1 N–H and O–H groups in total. The Labute approximate surface area is 111 Å². The van der Waals surface area contributed by atoms with Crippen LogP contribution in [-0.2, 0) is 0 Å². The molecular weight excluding hydrogens is 242 g/mol. The summed E-state index contributed by atoms with van der Waals surface area (Å²) >= 11 is 0. The van der Waals surface area contributed by atoms with Crippen molar-refractivity contribution in [1.29, 1.82) is 5.26 Å². The summed E-state index contributed by atoms with van der Waals surface area (Å²) in [6.07, 6.45) is 3.19. The van der Waals surface area contributed by atoms with E-state index in [-0.39, 0.29) is 6.61 Å². The largest absolute Gasteiger partial charge is 0.479 e. The molecule has 2 heterocycles. The lowest BCUT2D eigenvalue weighted by molar-refractivity contribution is 0.143. The van der Waals surface area contributed by atoms with E-state index in [0.29, 0.717) is 11.3 Å². The molecule has 0 bridgehead atoms. The molecule has 0 saturated heterocycles. The molecule has 0 saturated carbocycles. The van der Waals surface area contributed by atoms with Crippen LogP contribution in [0.4, 0.5) is 0 Å². The van der Waals surface area contributed by atoms with Crippen LogP contribution in [0.3, 0.4) is 0 Å². The van der Waals surface area contributed by atoms with E-state index in [9.17, 15) is 5.11 Å². The zero-order chi connectivity index (χ0) is 13.9. The number of aliphatic hydroxyl groups is 1. The van der Waals surface area contributed by atoms with Gasteiger partial charge < -0.3 is 9.84 Å². The number of fused-ring (bicyclic) bond motifs is 1. The van der Waals surface area contributed by atoms with Crippen LogP contribution in [0.5, 0.6) is 5.75 Å². The van der Waals surface area contributed by atoms with Gasteiger partial charge in [0.15, 0.2) is 0 Å². The van der Waals surface area contributed by atoms with E-state index in [4.69, 9.17) is 10.00 Å². The van der Waals surface area contributed by atoms with E-state index in [1.807, 2.05) is 0 Å². The van der Waals surface area contributed by atoms with Gasteiger partial charge in [-0.15, -0.1) is 0 Å². The third kappa shape index (κ3) is 3.25. The molecule has 19 heavy (non-hydrogen) atoms. The Bertz CT molecular complexity index is 693. The van der Waals surface area contributed by atoms with Crippen molar-refractivity contribution >= 4 is 5.52 Å². The van der Waals surface area contributed by atoms with Crippen molar-refractivity contribution in [1.82, 2.24) is 9.61 Å². The monoisotopic (exact) mass is 255 g/mol. The van der Waals surface area contributed by atoms with Crippen molar-refractivity contribution < 1.29 is 9.84 Å². The number of nitrogens with zero attached hydrogens (tertiary/aromatic N) is 3. The fourth-order valence-corrected chi connectivity index (χ4v) is 1.51. The minimum absolute atomic E-state index is 0.182. The summed E-state index contributed by atoms with van der Waals surface area (Å²) in [7, 11) is 0. The highest BCUT2D eigenvalue weighted by molar-refractivity contribution is 5.60. The molecule has 0 fully saturated rings. The van der Waals surface area contributed by atoms with Gasteiger partial charge in [-0.05, 0) is 26.0 Å². The summed E-state index contributed by atoms with van der Waals surface area (Å²) in [4.78, 5) is 0. The van der Waals surface area contributed by atoms with Crippen LogP contribution >= 0.6 is 0 Å². The van der Waals surface area contributed by atoms with Crippen molar-refractivity contribution in [3.8, 4) is 23.7 Å². The van der Waals surface area contributed by atoms with E-state index >= 15 is 0 Å². The first-order valence-electron chi connectivity index (χ1n) is 5.72. The number of nitriles is 1. The minimum Gasteiger partial charge on any atom is -0.479 e. The van der Waals surface area contributed by atoms with Gasteiger partial charge in [0.05, 0.1) is 23.5 Å². The Morgan fingerprint density at radius 2 is 2.26 bits per heavy atom. The molecule has 0 aliphatic heterocycles. The van der Waals surface area contributed by atoms with Gasteiger partial charge in [0.25, 0.3) is 0 Å². The Kier molecular flexibility index (Phi) is 3.41. The molecule has 2 rings (SSSR count). The highest BCUT2D eigenvalue weighted by atomic mass is 16.5. The summed E-state index contributed by atoms with van der Waals surface area (Å²) in [6, 6.07) is 5.59. The average molecular weight is 255 g/mol. The van der Waals surface area contributed by atoms with Crippen molar-refractivity contribution in [2.24, 2.45) is 0 Å². The van der Waals surface area contributed by atoms with Gasteiger partial charge in [-0.1, -0.05) is 11.8 Å². The van der Waals surface area contributed by atoms with E-state index in [2.05, 4.69) is 23.0 Å². The normalized spacial score (nSPS) is 10.6. The van der Waals surface area contributed by atoms with Gasteiger partial charge in [-0.2, -0.15) is 10.4 Å². The van der Waals surface area contributed by atoms with Crippen LogP contribution in [0.2, 0.25) is 0 Å². The van der Waals surface area contributed by atoms with Crippen LogP contribution in [0.15, 0.2) is 24.5 Å².